The molecule has 6 nitrogen and oxygen atoms in total. The zero-order valence-electron chi connectivity index (χ0n) is 17.1. The Balaban J connectivity index is 2.23. The molecule has 148 valence electrons. The molecule has 0 radical (unpaired) electrons. The van der Waals surface area contributed by atoms with E-state index in [9.17, 15) is 13.2 Å². The van der Waals surface area contributed by atoms with Gasteiger partial charge in [0.15, 0.2) is 0 Å². The van der Waals surface area contributed by atoms with Crippen LogP contribution in [0.25, 0.3) is 0 Å². The van der Waals surface area contributed by atoms with Crippen molar-refractivity contribution in [1.82, 2.24) is 8.87 Å². The fraction of sp³-hybridized carbons (Fsp3) is 0.450. The van der Waals surface area contributed by atoms with Gasteiger partial charge in [0.2, 0.25) is 10.0 Å². The van der Waals surface area contributed by atoms with E-state index in [-0.39, 0.29) is 22.9 Å². The van der Waals surface area contributed by atoms with Crippen molar-refractivity contribution in [2.24, 2.45) is 0 Å². The number of anilines is 1. The molecule has 2 aromatic rings. The van der Waals surface area contributed by atoms with E-state index in [4.69, 9.17) is 0 Å². The van der Waals surface area contributed by atoms with Gasteiger partial charge in [-0.05, 0) is 71.9 Å². The first kappa shape index (κ1) is 21.2. The van der Waals surface area contributed by atoms with Crippen LogP contribution in [0.1, 0.15) is 55.5 Å². The number of aryl methyl sites for hydroxylation is 1. The van der Waals surface area contributed by atoms with E-state index in [2.05, 4.69) is 23.7 Å². The third-order valence-electron chi connectivity index (χ3n) is 4.76. The van der Waals surface area contributed by atoms with Crippen molar-refractivity contribution >= 4 is 21.6 Å². The predicted molar refractivity (Wildman–Crippen MR) is 109 cm³/mol. The molecule has 0 spiro atoms. The maximum absolute atomic E-state index is 12.7. The summed E-state index contributed by atoms with van der Waals surface area (Å²) >= 11 is 0. The Kier molecular flexibility index (Phi) is 6.17. The molecule has 7 heteroatoms. The lowest BCUT2D eigenvalue weighted by atomic mass is 10.2. The zero-order valence-corrected chi connectivity index (χ0v) is 17.9. The molecule has 1 aromatic carbocycles. The van der Waals surface area contributed by atoms with Crippen LogP contribution in [-0.2, 0) is 10.0 Å². The van der Waals surface area contributed by atoms with Gasteiger partial charge >= 0.3 is 0 Å². The Hall–Kier alpha value is -2.12. The Bertz CT molecular complexity index is 926. The van der Waals surface area contributed by atoms with Crippen molar-refractivity contribution in [2.45, 2.75) is 58.5 Å². The molecule has 0 aliphatic heterocycles. The van der Waals surface area contributed by atoms with Gasteiger partial charge < -0.3 is 9.88 Å². The van der Waals surface area contributed by atoms with Crippen LogP contribution in [-0.4, -0.2) is 36.3 Å². The topological polar surface area (TPSA) is 71.4 Å². The lowest BCUT2D eigenvalue weighted by molar-refractivity contribution is 0.102. The Morgan fingerprint density at radius 2 is 1.63 bits per heavy atom. The number of sulfonamides is 1. The first-order chi connectivity index (χ1) is 12.5. The van der Waals surface area contributed by atoms with Crippen LogP contribution in [0.5, 0.6) is 0 Å². The Morgan fingerprint density at radius 3 is 2.07 bits per heavy atom. The summed E-state index contributed by atoms with van der Waals surface area (Å²) in [6.45, 7) is 11.7. The molecule has 0 saturated heterocycles. The molecule has 0 saturated carbocycles. The quantitative estimate of drug-likeness (QED) is 0.810. The molecule has 1 heterocycles. The van der Waals surface area contributed by atoms with Crippen molar-refractivity contribution in [1.29, 1.82) is 0 Å². The largest absolute Gasteiger partial charge is 0.346 e. The minimum absolute atomic E-state index is 0.134. The molecule has 27 heavy (non-hydrogen) atoms. The van der Waals surface area contributed by atoms with Crippen molar-refractivity contribution < 1.29 is 13.2 Å². The monoisotopic (exact) mass is 391 g/mol. The van der Waals surface area contributed by atoms with Gasteiger partial charge in [-0.1, -0.05) is 0 Å². The van der Waals surface area contributed by atoms with E-state index >= 15 is 0 Å². The molecule has 2 rings (SSSR count). The van der Waals surface area contributed by atoms with E-state index in [1.54, 1.807) is 19.2 Å². The molecule has 1 amide bonds. The van der Waals surface area contributed by atoms with Crippen LogP contribution in [0.2, 0.25) is 0 Å². The molecule has 0 bridgehead atoms. The summed E-state index contributed by atoms with van der Waals surface area (Å²) in [6, 6.07) is 8.27. The fourth-order valence-electron chi connectivity index (χ4n) is 3.15. The molecule has 1 aromatic heterocycles. The van der Waals surface area contributed by atoms with E-state index in [0.717, 1.165) is 11.4 Å². The van der Waals surface area contributed by atoms with Gasteiger partial charge in [-0.2, -0.15) is 4.31 Å². The van der Waals surface area contributed by atoms with E-state index < -0.39 is 10.0 Å². The summed E-state index contributed by atoms with van der Waals surface area (Å²) in [4.78, 5) is 12.9. The Morgan fingerprint density at radius 1 is 1.07 bits per heavy atom. The molecular formula is C20H29N3O3S. The van der Waals surface area contributed by atoms with Gasteiger partial charge in [0.05, 0.1) is 10.5 Å². The average Bonchev–Trinajstić information content (AvgIpc) is 2.89. The molecule has 0 unspecified atom stereocenters. The smallest absolute Gasteiger partial charge is 0.257 e. The Labute approximate surface area is 162 Å². The van der Waals surface area contributed by atoms with Gasteiger partial charge in [0, 0.05) is 36.2 Å². The highest BCUT2D eigenvalue weighted by molar-refractivity contribution is 7.89. The maximum atomic E-state index is 12.7. The van der Waals surface area contributed by atoms with Crippen LogP contribution in [0.3, 0.4) is 0 Å². The zero-order chi connectivity index (χ0) is 20.5. The molecule has 0 aliphatic carbocycles. The second-order valence-electron chi connectivity index (χ2n) is 7.34. The highest BCUT2D eigenvalue weighted by Gasteiger charge is 2.23. The first-order valence-electron chi connectivity index (χ1n) is 9.04. The van der Waals surface area contributed by atoms with Gasteiger partial charge in [-0.25, -0.2) is 8.42 Å². The lowest BCUT2D eigenvalue weighted by Gasteiger charge is -2.21. The number of carbonyl (C=O) groups excluding carboxylic acids is 1. The molecule has 0 aliphatic rings. The van der Waals surface area contributed by atoms with Gasteiger partial charge in [-0.15, -0.1) is 0 Å². The molecule has 1 N–H and O–H groups in total. The van der Waals surface area contributed by atoms with Crippen molar-refractivity contribution in [3.63, 3.8) is 0 Å². The fourth-order valence-corrected chi connectivity index (χ4v) is 4.52. The van der Waals surface area contributed by atoms with Gasteiger partial charge in [-0.3, -0.25) is 4.79 Å². The number of rotatable bonds is 6. The predicted octanol–water partition coefficient (Wildman–Crippen LogP) is 3.97. The number of amides is 1. The lowest BCUT2D eigenvalue weighted by Crippen LogP contribution is -2.33. The summed E-state index contributed by atoms with van der Waals surface area (Å²) in [5.41, 5.74) is 3.13. The normalized spacial score (nSPS) is 12.2. The third-order valence-corrected chi connectivity index (χ3v) is 6.81. The second-order valence-corrected chi connectivity index (χ2v) is 9.34. The first-order valence-corrected chi connectivity index (χ1v) is 10.5. The number of benzene rings is 1. The van der Waals surface area contributed by atoms with Crippen molar-refractivity contribution in [2.75, 3.05) is 12.4 Å². The van der Waals surface area contributed by atoms with Crippen LogP contribution >= 0.6 is 0 Å². The number of hydrogen-bond donors (Lipinski definition) is 1. The van der Waals surface area contributed by atoms with Gasteiger partial charge in [0.25, 0.3) is 5.91 Å². The SMILES string of the molecule is Cc1cc(C(=O)Nc2ccc(S(=O)(=O)N(C)C(C)C)cc2)c(C)n1C(C)C. The summed E-state index contributed by atoms with van der Waals surface area (Å²) in [7, 11) is -1.98. The number of nitrogens with one attached hydrogen (secondary N) is 1. The average molecular weight is 392 g/mol. The van der Waals surface area contributed by atoms with Gasteiger partial charge in [0.1, 0.15) is 0 Å². The van der Waals surface area contributed by atoms with E-state index in [0.29, 0.717) is 11.3 Å². The van der Waals surface area contributed by atoms with Crippen LogP contribution in [0.15, 0.2) is 35.2 Å². The minimum Gasteiger partial charge on any atom is -0.346 e. The summed E-state index contributed by atoms with van der Waals surface area (Å²) in [5, 5.41) is 2.85. The van der Waals surface area contributed by atoms with E-state index in [1.165, 1.54) is 16.4 Å². The minimum atomic E-state index is -3.54. The third kappa shape index (κ3) is 4.25. The maximum Gasteiger partial charge on any atom is 0.257 e. The molecular weight excluding hydrogens is 362 g/mol. The highest BCUT2D eigenvalue weighted by Crippen LogP contribution is 2.23. The molecule has 0 fully saturated rings. The van der Waals surface area contributed by atoms with Crippen LogP contribution in [0.4, 0.5) is 5.69 Å². The number of aromatic nitrogens is 1. The summed E-state index contributed by atoms with van der Waals surface area (Å²) < 4.78 is 28.5. The van der Waals surface area contributed by atoms with Crippen LogP contribution in [0, 0.1) is 13.8 Å². The van der Waals surface area contributed by atoms with E-state index in [1.807, 2.05) is 33.8 Å². The summed E-state index contributed by atoms with van der Waals surface area (Å²) in [5.74, 6) is -0.204. The van der Waals surface area contributed by atoms with Crippen molar-refractivity contribution in [3.8, 4) is 0 Å². The second kappa shape index (κ2) is 7.86. The van der Waals surface area contributed by atoms with Crippen LogP contribution < -0.4 is 5.32 Å². The number of hydrogen-bond acceptors (Lipinski definition) is 3. The number of nitrogens with zero attached hydrogens (tertiary/aromatic N) is 2. The molecule has 0 atom stereocenters. The highest BCUT2D eigenvalue weighted by atomic mass is 32.2. The number of carbonyl (C=O) groups is 1. The van der Waals surface area contributed by atoms with Crippen molar-refractivity contribution in [3.05, 3.63) is 47.3 Å². The summed E-state index contributed by atoms with van der Waals surface area (Å²) in [6.07, 6.45) is 0. The standard InChI is InChI=1S/C20H29N3O3S/c1-13(2)22(7)27(25,26)18-10-8-17(9-11-18)21-20(24)19-12-15(5)23(14(3)4)16(19)6/h8-14H,1-7H3,(H,21,24).